The Bertz CT molecular complexity index is 973. The molecule has 2 heterocycles. The second kappa shape index (κ2) is 6.24. The Labute approximate surface area is 169 Å². The Hall–Kier alpha value is -2.53. The van der Waals surface area contributed by atoms with Crippen LogP contribution in [0.2, 0.25) is 5.02 Å². The molecular formula is C22H24ClN3O2. The van der Waals surface area contributed by atoms with Gasteiger partial charge < -0.3 is 16.0 Å². The van der Waals surface area contributed by atoms with Gasteiger partial charge in [-0.2, -0.15) is 0 Å². The summed E-state index contributed by atoms with van der Waals surface area (Å²) in [5.74, 6) is -0.130. The number of benzene rings is 2. The molecule has 2 aromatic carbocycles. The van der Waals surface area contributed by atoms with Crippen LogP contribution in [0.4, 0.5) is 10.5 Å². The van der Waals surface area contributed by atoms with Crippen molar-refractivity contribution in [3.8, 4) is 0 Å². The maximum atomic E-state index is 13.3. The second-order valence-corrected chi connectivity index (χ2v) is 9.02. The molecule has 0 fully saturated rings. The minimum Gasteiger partial charge on any atom is -0.352 e. The molecule has 146 valence electrons. The topological polar surface area (TPSA) is 75.4 Å². The van der Waals surface area contributed by atoms with Gasteiger partial charge >= 0.3 is 6.03 Å². The van der Waals surface area contributed by atoms with E-state index in [0.29, 0.717) is 11.4 Å². The summed E-state index contributed by atoms with van der Waals surface area (Å²) in [4.78, 5) is 26.6. The summed E-state index contributed by atoms with van der Waals surface area (Å²) in [6.07, 6.45) is 1.11. The van der Waals surface area contributed by atoms with E-state index >= 15 is 0 Å². The minimum absolute atomic E-state index is 0.130. The first-order valence-corrected chi connectivity index (χ1v) is 9.80. The predicted molar refractivity (Wildman–Crippen MR) is 111 cm³/mol. The van der Waals surface area contributed by atoms with Crippen LogP contribution in [0.1, 0.15) is 43.9 Å². The van der Waals surface area contributed by atoms with Gasteiger partial charge in [-0.15, -0.1) is 0 Å². The highest BCUT2D eigenvalue weighted by Crippen LogP contribution is 2.53. The zero-order chi connectivity index (χ0) is 20.3. The molecule has 1 unspecified atom stereocenters. The Morgan fingerprint density at radius 2 is 1.89 bits per heavy atom. The molecule has 2 aliphatic rings. The van der Waals surface area contributed by atoms with Gasteiger partial charge in [-0.05, 0) is 49.1 Å². The quantitative estimate of drug-likeness (QED) is 0.809. The highest BCUT2D eigenvalue weighted by Gasteiger charge is 2.51. The van der Waals surface area contributed by atoms with Crippen LogP contribution in [0.15, 0.2) is 42.5 Å². The fourth-order valence-electron chi connectivity index (χ4n) is 5.06. The molecule has 0 bridgehead atoms. The van der Waals surface area contributed by atoms with E-state index in [1.165, 1.54) is 5.56 Å². The van der Waals surface area contributed by atoms with Gasteiger partial charge in [0.05, 0.1) is 5.69 Å². The lowest BCUT2D eigenvalue weighted by molar-refractivity contribution is -0.122. The van der Waals surface area contributed by atoms with Crippen LogP contribution >= 0.6 is 11.6 Å². The van der Waals surface area contributed by atoms with Crippen molar-refractivity contribution in [2.75, 3.05) is 4.90 Å². The third-order valence-electron chi connectivity index (χ3n) is 6.03. The minimum atomic E-state index is -0.701. The van der Waals surface area contributed by atoms with Gasteiger partial charge in [0.15, 0.2) is 0 Å². The molecule has 0 radical (unpaired) electrons. The lowest BCUT2D eigenvalue weighted by atomic mass is 9.63. The molecule has 6 heteroatoms. The summed E-state index contributed by atoms with van der Waals surface area (Å²) in [5.41, 5.74) is 8.68. The van der Waals surface area contributed by atoms with Crippen LogP contribution in [-0.2, 0) is 16.6 Å². The van der Waals surface area contributed by atoms with Gasteiger partial charge in [-0.1, -0.05) is 48.9 Å². The number of hydrogen-bond acceptors (Lipinski definition) is 2. The maximum absolute atomic E-state index is 13.3. The lowest BCUT2D eigenvalue weighted by Gasteiger charge is -2.54. The van der Waals surface area contributed by atoms with Gasteiger partial charge in [0.25, 0.3) is 0 Å². The van der Waals surface area contributed by atoms with Gasteiger partial charge in [0, 0.05) is 22.4 Å². The van der Waals surface area contributed by atoms with Gasteiger partial charge in [0.2, 0.25) is 5.91 Å². The number of nitrogens with one attached hydrogen (secondary N) is 1. The number of halogens is 1. The third kappa shape index (κ3) is 2.76. The van der Waals surface area contributed by atoms with E-state index in [9.17, 15) is 9.59 Å². The summed E-state index contributed by atoms with van der Waals surface area (Å²) >= 11 is 6.49. The monoisotopic (exact) mass is 397 g/mol. The predicted octanol–water partition coefficient (Wildman–Crippen LogP) is 3.75. The molecule has 4 rings (SSSR count). The molecule has 0 saturated carbocycles. The number of primary amides is 1. The van der Waals surface area contributed by atoms with E-state index in [-0.39, 0.29) is 11.3 Å². The van der Waals surface area contributed by atoms with Crippen molar-refractivity contribution in [1.82, 2.24) is 5.32 Å². The van der Waals surface area contributed by atoms with E-state index in [2.05, 4.69) is 38.2 Å². The van der Waals surface area contributed by atoms with E-state index in [1.54, 1.807) is 0 Å². The molecule has 28 heavy (non-hydrogen) atoms. The van der Waals surface area contributed by atoms with E-state index in [0.717, 1.165) is 23.2 Å². The van der Waals surface area contributed by atoms with E-state index < -0.39 is 17.6 Å². The number of nitrogens with two attached hydrogens (primary N) is 1. The lowest BCUT2D eigenvalue weighted by Crippen LogP contribution is -2.63. The van der Waals surface area contributed by atoms with Crippen molar-refractivity contribution in [2.45, 2.75) is 50.6 Å². The summed E-state index contributed by atoms with van der Waals surface area (Å²) in [6.45, 7) is 6.35. The van der Waals surface area contributed by atoms with Gasteiger partial charge in [-0.25, -0.2) is 4.79 Å². The van der Waals surface area contributed by atoms with Crippen molar-refractivity contribution in [1.29, 1.82) is 0 Å². The Morgan fingerprint density at radius 1 is 1.21 bits per heavy atom. The van der Waals surface area contributed by atoms with Crippen LogP contribution < -0.4 is 16.0 Å². The normalized spacial score (nSPS) is 25.2. The smallest absolute Gasteiger partial charge is 0.312 e. The largest absolute Gasteiger partial charge is 0.352 e. The first-order chi connectivity index (χ1) is 13.1. The number of nitrogens with zero attached hydrogens (tertiary/aromatic N) is 1. The summed E-state index contributed by atoms with van der Waals surface area (Å²) in [5, 5.41) is 3.22. The van der Waals surface area contributed by atoms with E-state index in [4.69, 9.17) is 17.3 Å². The fourth-order valence-corrected chi connectivity index (χ4v) is 5.30. The first-order valence-electron chi connectivity index (χ1n) is 9.42. The number of amides is 3. The first kappa shape index (κ1) is 18.8. The standard InChI is InChI=1S/C22H24ClN3O2/c1-21(2)12-22(3,14-7-5-4-6-8-14)16-11-15(23)9-13-10-17(25-20(24)28)19(27)26(21)18(13)16/h4-9,11,17H,10,12H2,1-3H3,(H3,24,25,28)/t17-,22?/m1/s1. The highest BCUT2D eigenvalue weighted by atomic mass is 35.5. The second-order valence-electron chi connectivity index (χ2n) is 8.59. The average molecular weight is 398 g/mol. The molecule has 2 atom stereocenters. The van der Waals surface area contributed by atoms with Crippen molar-refractivity contribution in [3.63, 3.8) is 0 Å². The molecule has 0 saturated heterocycles. The van der Waals surface area contributed by atoms with Crippen LogP contribution in [0.25, 0.3) is 0 Å². The average Bonchev–Trinajstić information content (AvgIpc) is 2.61. The molecule has 0 spiro atoms. The maximum Gasteiger partial charge on any atom is 0.312 e. The molecular weight excluding hydrogens is 374 g/mol. The van der Waals surface area contributed by atoms with Crippen LogP contribution in [0.3, 0.4) is 0 Å². The number of carbonyl (C=O) groups excluding carboxylic acids is 2. The molecule has 2 aliphatic heterocycles. The molecule has 0 aliphatic carbocycles. The Kier molecular flexibility index (Phi) is 4.19. The number of rotatable bonds is 2. The molecule has 0 aromatic heterocycles. The number of anilines is 1. The Balaban J connectivity index is 1.97. The number of urea groups is 1. The summed E-state index contributed by atoms with van der Waals surface area (Å²) < 4.78 is 0. The summed E-state index contributed by atoms with van der Waals surface area (Å²) in [6, 6.07) is 12.8. The molecule has 5 nitrogen and oxygen atoms in total. The number of hydrogen-bond donors (Lipinski definition) is 2. The zero-order valence-corrected chi connectivity index (χ0v) is 17.0. The van der Waals surface area contributed by atoms with Crippen LogP contribution in [0.5, 0.6) is 0 Å². The fraction of sp³-hybridized carbons (Fsp3) is 0.364. The van der Waals surface area contributed by atoms with Gasteiger partial charge in [0.1, 0.15) is 6.04 Å². The highest BCUT2D eigenvalue weighted by molar-refractivity contribution is 6.31. The van der Waals surface area contributed by atoms with Crippen LogP contribution in [-0.4, -0.2) is 23.5 Å². The molecule has 3 amide bonds. The van der Waals surface area contributed by atoms with Crippen molar-refractivity contribution in [3.05, 3.63) is 64.2 Å². The van der Waals surface area contributed by atoms with Crippen LogP contribution in [0, 0.1) is 0 Å². The molecule has 3 N–H and O–H groups in total. The molecule has 2 aromatic rings. The zero-order valence-electron chi connectivity index (χ0n) is 16.3. The third-order valence-corrected chi connectivity index (χ3v) is 6.25. The van der Waals surface area contributed by atoms with Gasteiger partial charge in [-0.3, -0.25) is 4.79 Å². The van der Waals surface area contributed by atoms with Crippen molar-refractivity contribution >= 4 is 29.2 Å². The van der Waals surface area contributed by atoms with Crippen molar-refractivity contribution < 1.29 is 9.59 Å². The summed E-state index contributed by atoms with van der Waals surface area (Å²) in [7, 11) is 0. The van der Waals surface area contributed by atoms with E-state index in [1.807, 2.05) is 35.2 Å². The SMILES string of the molecule is CC1(c2ccccc2)CC(C)(C)N2C(=O)[C@H](NC(N)=O)Cc3cc(Cl)cc1c32. The van der Waals surface area contributed by atoms with Crippen molar-refractivity contribution in [2.24, 2.45) is 5.73 Å². The number of carbonyl (C=O) groups is 2. The Morgan fingerprint density at radius 3 is 2.54 bits per heavy atom.